The third-order valence-corrected chi connectivity index (χ3v) is 5.45. The number of benzene rings is 3. The van der Waals surface area contributed by atoms with Crippen LogP contribution >= 0.6 is 0 Å². The van der Waals surface area contributed by atoms with Gasteiger partial charge in [0.05, 0.1) is 11.1 Å². The van der Waals surface area contributed by atoms with Crippen LogP contribution in [0.1, 0.15) is 77.6 Å². The van der Waals surface area contributed by atoms with Crippen LogP contribution in [0.15, 0.2) is 78.9 Å². The summed E-state index contributed by atoms with van der Waals surface area (Å²) in [5.74, 6) is -2.42. The SMILES string of the molecule is CCCc1ccc(C(=O)OC(=O)C(OC(=O)c2ccc(C(C)(C)C)cc2)c2ccccc2)cc1. The van der Waals surface area contributed by atoms with Gasteiger partial charge in [-0.15, -0.1) is 0 Å². The molecule has 1 unspecified atom stereocenters. The Labute approximate surface area is 200 Å². The van der Waals surface area contributed by atoms with Gasteiger partial charge in [-0.2, -0.15) is 0 Å². The van der Waals surface area contributed by atoms with Crippen LogP contribution in [-0.4, -0.2) is 17.9 Å². The summed E-state index contributed by atoms with van der Waals surface area (Å²) < 4.78 is 10.6. The van der Waals surface area contributed by atoms with Gasteiger partial charge < -0.3 is 9.47 Å². The van der Waals surface area contributed by atoms with E-state index in [0.29, 0.717) is 11.1 Å². The minimum absolute atomic E-state index is 0.0616. The van der Waals surface area contributed by atoms with Crippen molar-refractivity contribution >= 4 is 17.9 Å². The fourth-order valence-electron chi connectivity index (χ4n) is 3.46. The van der Waals surface area contributed by atoms with Crippen molar-refractivity contribution in [3.05, 3.63) is 107 Å². The summed E-state index contributed by atoms with van der Waals surface area (Å²) in [6.45, 7) is 8.31. The maximum absolute atomic E-state index is 12.9. The van der Waals surface area contributed by atoms with E-state index in [-0.39, 0.29) is 11.0 Å². The van der Waals surface area contributed by atoms with Gasteiger partial charge in [-0.1, -0.05) is 88.7 Å². The molecular weight excluding hydrogens is 428 g/mol. The summed E-state index contributed by atoms with van der Waals surface area (Å²) >= 11 is 0. The number of rotatable bonds is 7. The summed E-state index contributed by atoms with van der Waals surface area (Å²) in [4.78, 5) is 38.3. The summed E-state index contributed by atoms with van der Waals surface area (Å²) in [6.07, 6.45) is 0.516. The molecule has 3 aromatic carbocycles. The maximum Gasteiger partial charge on any atom is 0.360 e. The zero-order chi connectivity index (χ0) is 24.7. The first-order valence-corrected chi connectivity index (χ1v) is 11.4. The molecule has 1 atom stereocenters. The van der Waals surface area contributed by atoms with Crippen molar-refractivity contribution in [1.82, 2.24) is 0 Å². The maximum atomic E-state index is 12.9. The molecule has 0 aromatic heterocycles. The zero-order valence-electron chi connectivity index (χ0n) is 20.0. The Balaban J connectivity index is 1.77. The Bertz CT molecular complexity index is 1120. The molecule has 0 aliphatic carbocycles. The van der Waals surface area contributed by atoms with Crippen LogP contribution in [0.5, 0.6) is 0 Å². The van der Waals surface area contributed by atoms with E-state index in [2.05, 4.69) is 27.7 Å². The van der Waals surface area contributed by atoms with Crippen molar-refractivity contribution < 1.29 is 23.9 Å². The zero-order valence-corrected chi connectivity index (χ0v) is 20.0. The number of hydrogen-bond acceptors (Lipinski definition) is 5. The summed E-state index contributed by atoms with van der Waals surface area (Å²) in [5, 5.41) is 0. The summed E-state index contributed by atoms with van der Waals surface area (Å²) in [7, 11) is 0. The van der Waals surface area contributed by atoms with Crippen LogP contribution in [0.2, 0.25) is 0 Å². The van der Waals surface area contributed by atoms with E-state index in [1.807, 2.05) is 24.3 Å². The normalized spacial score (nSPS) is 12.0. The number of ether oxygens (including phenoxy) is 2. The first kappa shape index (κ1) is 24.9. The molecule has 0 aliphatic heterocycles. The number of carbonyl (C=O) groups is 3. The van der Waals surface area contributed by atoms with Crippen molar-refractivity contribution in [3.8, 4) is 0 Å². The molecule has 3 rings (SSSR count). The van der Waals surface area contributed by atoms with Gasteiger partial charge in [0.2, 0.25) is 6.10 Å². The molecule has 0 N–H and O–H groups in total. The number of aryl methyl sites for hydroxylation is 1. The molecule has 176 valence electrons. The highest BCUT2D eigenvalue weighted by molar-refractivity contribution is 5.99. The first-order chi connectivity index (χ1) is 16.2. The summed E-state index contributed by atoms with van der Waals surface area (Å²) in [6, 6.07) is 22.5. The molecule has 0 aliphatic rings. The Hall–Kier alpha value is -3.73. The average molecular weight is 459 g/mol. The molecule has 0 bridgehead atoms. The molecule has 0 radical (unpaired) electrons. The minimum atomic E-state index is -1.38. The van der Waals surface area contributed by atoms with E-state index in [4.69, 9.17) is 9.47 Å². The van der Waals surface area contributed by atoms with Crippen molar-refractivity contribution in [3.63, 3.8) is 0 Å². The van der Waals surface area contributed by atoms with Gasteiger partial charge in [-0.3, -0.25) is 0 Å². The molecular formula is C29H30O5. The second-order valence-corrected chi connectivity index (χ2v) is 9.18. The van der Waals surface area contributed by atoms with Crippen molar-refractivity contribution in [2.75, 3.05) is 0 Å². The van der Waals surface area contributed by atoms with E-state index < -0.39 is 24.0 Å². The third-order valence-electron chi connectivity index (χ3n) is 5.45. The van der Waals surface area contributed by atoms with Gasteiger partial charge in [0.15, 0.2) is 0 Å². The second kappa shape index (κ2) is 10.9. The van der Waals surface area contributed by atoms with Gasteiger partial charge in [0.25, 0.3) is 0 Å². The van der Waals surface area contributed by atoms with E-state index in [9.17, 15) is 14.4 Å². The number of esters is 3. The molecule has 3 aromatic rings. The average Bonchev–Trinajstić information content (AvgIpc) is 2.83. The van der Waals surface area contributed by atoms with E-state index in [1.165, 1.54) is 0 Å². The highest BCUT2D eigenvalue weighted by Crippen LogP contribution is 2.25. The fourth-order valence-corrected chi connectivity index (χ4v) is 3.46. The van der Waals surface area contributed by atoms with Crippen LogP contribution in [0.25, 0.3) is 0 Å². The third kappa shape index (κ3) is 6.41. The Kier molecular flexibility index (Phi) is 8.00. The molecule has 5 nitrogen and oxygen atoms in total. The van der Waals surface area contributed by atoms with Gasteiger partial charge in [0.1, 0.15) is 0 Å². The van der Waals surface area contributed by atoms with Crippen LogP contribution < -0.4 is 0 Å². The highest BCUT2D eigenvalue weighted by Gasteiger charge is 2.29. The number of carbonyl (C=O) groups excluding carboxylic acids is 3. The number of hydrogen-bond donors (Lipinski definition) is 0. The predicted octanol–water partition coefficient (Wildman–Crippen LogP) is 6.22. The van der Waals surface area contributed by atoms with Crippen molar-refractivity contribution in [1.29, 1.82) is 0 Å². The van der Waals surface area contributed by atoms with Crippen molar-refractivity contribution in [2.45, 2.75) is 52.1 Å². The lowest BCUT2D eigenvalue weighted by Crippen LogP contribution is -2.24. The molecule has 0 heterocycles. The lowest BCUT2D eigenvalue weighted by molar-refractivity contribution is -0.148. The summed E-state index contributed by atoms with van der Waals surface area (Å²) in [5.41, 5.74) is 3.08. The van der Waals surface area contributed by atoms with Gasteiger partial charge in [-0.05, 0) is 47.2 Å². The van der Waals surface area contributed by atoms with Crippen LogP contribution in [0.3, 0.4) is 0 Å². The van der Waals surface area contributed by atoms with Crippen LogP contribution in [0, 0.1) is 0 Å². The lowest BCUT2D eigenvalue weighted by Gasteiger charge is -2.20. The lowest BCUT2D eigenvalue weighted by atomic mass is 9.87. The standard InChI is InChI=1S/C29H30O5/c1-5-9-20-12-14-22(15-13-20)27(31)34-28(32)25(21-10-7-6-8-11-21)33-26(30)23-16-18-24(19-17-23)29(2,3)4/h6-8,10-19,25H,5,9H2,1-4H3. The molecule has 0 amide bonds. The molecule has 5 heteroatoms. The first-order valence-electron chi connectivity index (χ1n) is 11.4. The van der Waals surface area contributed by atoms with Crippen LogP contribution in [0.4, 0.5) is 0 Å². The smallest absolute Gasteiger partial charge is 0.360 e. The minimum Gasteiger partial charge on any atom is -0.442 e. The van der Waals surface area contributed by atoms with Gasteiger partial charge in [0, 0.05) is 5.56 Å². The second-order valence-electron chi connectivity index (χ2n) is 9.18. The van der Waals surface area contributed by atoms with E-state index in [0.717, 1.165) is 24.0 Å². The quantitative estimate of drug-likeness (QED) is 0.311. The Morgan fingerprint density at radius 1 is 0.765 bits per heavy atom. The van der Waals surface area contributed by atoms with Gasteiger partial charge >= 0.3 is 17.9 Å². The highest BCUT2D eigenvalue weighted by atomic mass is 16.6. The van der Waals surface area contributed by atoms with E-state index in [1.54, 1.807) is 54.6 Å². The monoisotopic (exact) mass is 458 g/mol. The molecule has 0 spiro atoms. The molecule has 34 heavy (non-hydrogen) atoms. The largest absolute Gasteiger partial charge is 0.442 e. The van der Waals surface area contributed by atoms with Crippen LogP contribution in [-0.2, 0) is 26.1 Å². The molecule has 0 saturated carbocycles. The molecule has 0 saturated heterocycles. The predicted molar refractivity (Wildman–Crippen MR) is 131 cm³/mol. The Morgan fingerprint density at radius 3 is 1.88 bits per heavy atom. The molecule has 0 fully saturated rings. The Morgan fingerprint density at radius 2 is 1.32 bits per heavy atom. The fraction of sp³-hybridized carbons (Fsp3) is 0.276. The van der Waals surface area contributed by atoms with E-state index >= 15 is 0 Å². The van der Waals surface area contributed by atoms with Gasteiger partial charge in [-0.25, -0.2) is 14.4 Å². The topological polar surface area (TPSA) is 69.7 Å². The van der Waals surface area contributed by atoms with Crippen molar-refractivity contribution in [2.24, 2.45) is 0 Å².